The lowest BCUT2D eigenvalue weighted by Crippen LogP contribution is -2.15. The average Bonchev–Trinajstić information content (AvgIpc) is 3.08. The predicted molar refractivity (Wildman–Crippen MR) is 109 cm³/mol. The van der Waals surface area contributed by atoms with Crippen LogP contribution < -0.4 is 21.5 Å². The molecule has 0 bridgehead atoms. The molecular weight excluding hydrogens is 391 g/mol. The fourth-order valence-electron chi connectivity index (χ4n) is 3.01. The van der Waals surface area contributed by atoms with Crippen LogP contribution >= 0.6 is 0 Å². The van der Waals surface area contributed by atoms with Gasteiger partial charge in [-0.3, -0.25) is 14.8 Å². The lowest BCUT2D eigenvalue weighted by atomic mass is 10.1. The molecule has 2 aromatic heterocycles. The number of nitrogens with zero attached hydrogens (tertiary/aromatic N) is 1. The number of aromatic amines is 1. The van der Waals surface area contributed by atoms with Crippen molar-refractivity contribution in [1.82, 2.24) is 9.97 Å². The standard InChI is InChI=1S/C21H17FN4O4/c1-2-11-3-5-14(13(22)7-11)25-16-9-24-10-18(19(16)20(23)27)29-12-4-6-17-15(8-12)26-21(28)30-17/h3-10,25H,2H2,1H3,(H2,23,27)(H,26,28). The molecule has 4 aromatic rings. The van der Waals surface area contributed by atoms with E-state index in [-0.39, 0.29) is 22.7 Å². The number of carbonyl (C=O) groups is 1. The number of rotatable bonds is 6. The molecular formula is C21H17FN4O4. The van der Waals surface area contributed by atoms with Crippen LogP contribution in [0.5, 0.6) is 11.5 Å². The van der Waals surface area contributed by atoms with Crippen molar-refractivity contribution in [1.29, 1.82) is 0 Å². The first-order valence-electron chi connectivity index (χ1n) is 9.08. The smallest absolute Gasteiger partial charge is 0.417 e. The van der Waals surface area contributed by atoms with E-state index in [0.717, 1.165) is 5.56 Å². The highest BCUT2D eigenvalue weighted by atomic mass is 19.1. The van der Waals surface area contributed by atoms with Crippen molar-refractivity contribution in [2.75, 3.05) is 5.32 Å². The van der Waals surface area contributed by atoms with Crippen molar-refractivity contribution in [3.8, 4) is 11.5 Å². The minimum atomic E-state index is -0.779. The van der Waals surface area contributed by atoms with E-state index >= 15 is 0 Å². The Hall–Kier alpha value is -4.14. The molecule has 152 valence electrons. The zero-order valence-electron chi connectivity index (χ0n) is 15.9. The van der Waals surface area contributed by atoms with Gasteiger partial charge in [0.15, 0.2) is 11.3 Å². The molecule has 0 saturated carbocycles. The zero-order valence-corrected chi connectivity index (χ0v) is 15.9. The molecule has 2 aromatic carbocycles. The summed E-state index contributed by atoms with van der Waals surface area (Å²) in [6.07, 6.45) is 3.38. The average molecular weight is 408 g/mol. The number of aromatic nitrogens is 2. The number of amides is 1. The van der Waals surface area contributed by atoms with Gasteiger partial charge in [-0.2, -0.15) is 0 Å². The van der Waals surface area contributed by atoms with Crippen LogP contribution in [0.25, 0.3) is 11.1 Å². The molecule has 9 heteroatoms. The van der Waals surface area contributed by atoms with Gasteiger partial charge in [-0.15, -0.1) is 0 Å². The number of hydrogen-bond donors (Lipinski definition) is 3. The summed E-state index contributed by atoms with van der Waals surface area (Å²) in [5.74, 6) is -1.45. The van der Waals surface area contributed by atoms with Crippen LogP contribution in [0.3, 0.4) is 0 Å². The Morgan fingerprint density at radius 2 is 2.07 bits per heavy atom. The van der Waals surface area contributed by atoms with Crippen LogP contribution in [-0.2, 0) is 6.42 Å². The molecule has 0 aliphatic carbocycles. The molecule has 30 heavy (non-hydrogen) atoms. The summed E-state index contributed by atoms with van der Waals surface area (Å²) in [6, 6.07) is 9.43. The number of halogens is 1. The third-order valence-electron chi connectivity index (χ3n) is 4.49. The summed E-state index contributed by atoms with van der Waals surface area (Å²) >= 11 is 0. The van der Waals surface area contributed by atoms with Crippen LogP contribution in [-0.4, -0.2) is 15.9 Å². The Morgan fingerprint density at radius 1 is 1.23 bits per heavy atom. The Balaban J connectivity index is 1.70. The SMILES string of the molecule is CCc1ccc(Nc2cncc(Oc3ccc4oc(=O)[nH]c4c3)c2C(N)=O)c(F)c1. The van der Waals surface area contributed by atoms with E-state index in [1.807, 2.05) is 6.92 Å². The van der Waals surface area contributed by atoms with Crippen molar-refractivity contribution >= 4 is 28.4 Å². The van der Waals surface area contributed by atoms with Crippen LogP contribution in [0.1, 0.15) is 22.8 Å². The molecule has 8 nitrogen and oxygen atoms in total. The largest absolute Gasteiger partial charge is 0.455 e. The molecule has 0 aliphatic rings. The van der Waals surface area contributed by atoms with Crippen molar-refractivity contribution in [3.05, 3.63) is 76.3 Å². The molecule has 0 radical (unpaired) electrons. The molecule has 0 atom stereocenters. The lowest BCUT2D eigenvalue weighted by Gasteiger charge is -2.15. The molecule has 2 heterocycles. The van der Waals surface area contributed by atoms with Gasteiger partial charge in [0, 0.05) is 6.07 Å². The van der Waals surface area contributed by atoms with Crippen LogP contribution in [0.15, 0.2) is 58.0 Å². The maximum absolute atomic E-state index is 14.4. The first-order chi connectivity index (χ1) is 14.4. The van der Waals surface area contributed by atoms with Gasteiger partial charge in [0.1, 0.15) is 17.1 Å². The molecule has 0 unspecified atom stereocenters. The molecule has 0 aliphatic heterocycles. The minimum absolute atomic E-state index is 0.00440. The highest BCUT2D eigenvalue weighted by Gasteiger charge is 2.18. The number of aryl methyl sites for hydroxylation is 1. The number of primary amides is 1. The Kier molecular flexibility index (Phi) is 4.93. The first-order valence-corrected chi connectivity index (χ1v) is 9.08. The number of benzene rings is 2. The number of anilines is 2. The number of fused-ring (bicyclic) bond motifs is 1. The zero-order chi connectivity index (χ0) is 21.3. The van der Waals surface area contributed by atoms with E-state index in [2.05, 4.69) is 15.3 Å². The Labute approximate surface area is 169 Å². The van der Waals surface area contributed by atoms with Gasteiger partial charge in [0.25, 0.3) is 5.91 Å². The summed E-state index contributed by atoms with van der Waals surface area (Å²) in [5, 5.41) is 2.85. The number of hydrogen-bond acceptors (Lipinski definition) is 6. The molecule has 4 rings (SSSR count). The molecule has 4 N–H and O–H groups in total. The second-order valence-electron chi connectivity index (χ2n) is 6.49. The van der Waals surface area contributed by atoms with E-state index in [0.29, 0.717) is 23.3 Å². The quantitative estimate of drug-likeness (QED) is 0.445. The van der Waals surface area contributed by atoms with Crippen molar-refractivity contribution in [2.24, 2.45) is 5.73 Å². The van der Waals surface area contributed by atoms with Crippen LogP contribution in [0.4, 0.5) is 15.8 Å². The van der Waals surface area contributed by atoms with E-state index in [4.69, 9.17) is 14.9 Å². The maximum atomic E-state index is 14.4. The van der Waals surface area contributed by atoms with Crippen LogP contribution in [0, 0.1) is 5.82 Å². The lowest BCUT2D eigenvalue weighted by molar-refractivity contribution is 0.0999. The highest BCUT2D eigenvalue weighted by Crippen LogP contribution is 2.32. The van der Waals surface area contributed by atoms with Crippen molar-refractivity contribution < 1.29 is 18.3 Å². The summed E-state index contributed by atoms with van der Waals surface area (Å²) in [6.45, 7) is 1.92. The first kappa shape index (κ1) is 19.2. The number of H-pyrrole nitrogens is 1. The molecule has 0 spiro atoms. The van der Waals surface area contributed by atoms with E-state index in [9.17, 15) is 14.0 Å². The van der Waals surface area contributed by atoms with Gasteiger partial charge in [0.05, 0.1) is 29.3 Å². The maximum Gasteiger partial charge on any atom is 0.417 e. The molecule has 1 amide bonds. The third kappa shape index (κ3) is 3.72. The number of carbonyl (C=O) groups excluding carboxylic acids is 1. The highest BCUT2D eigenvalue weighted by molar-refractivity contribution is 6.01. The van der Waals surface area contributed by atoms with Crippen molar-refractivity contribution in [3.63, 3.8) is 0 Å². The molecule has 0 saturated heterocycles. The van der Waals surface area contributed by atoms with Gasteiger partial charge in [-0.1, -0.05) is 13.0 Å². The third-order valence-corrected chi connectivity index (χ3v) is 4.49. The number of pyridine rings is 1. The number of nitrogens with two attached hydrogens (primary N) is 1. The van der Waals surface area contributed by atoms with E-state index in [1.54, 1.807) is 24.3 Å². The summed E-state index contributed by atoms with van der Waals surface area (Å²) in [7, 11) is 0. The summed E-state index contributed by atoms with van der Waals surface area (Å²) in [5.41, 5.74) is 7.56. The predicted octanol–water partition coefficient (Wildman–Crippen LogP) is 3.85. The number of nitrogens with one attached hydrogen (secondary N) is 2. The second kappa shape index (κ2) is 7.70. The van der Waals surface area contributed by atoms with E-state index in [1.165, 1.54) is 24.5 Å². The molecule has 0 fully saturated rings. The monoisotopic (exact) mass is 408 g/mol. The summed E-state index contributed by atoms with van der Waals surface area (Å²) < 4.78 is 25.1. The Bertz CT molecular complexity index is 1310. The van der Waals surface area contributed by atoms with Gasteiger partial charge in [-0.25, -0.2) is 9.18 Å². The summed E-state index contributed by atoms with van der Waals surface area (Å²) in [4.78, 5) is 30.0. The van der Waals surface area contributed by atoms with Gasteiger partial charge in [0.2, 0.25) is 0 Å². The number of oxazole rings is 1. The van der Waals surface area contributed by atoms with Crippen LogP contribution in [0.2, 0.25) is 0 Å². The number of ether oxygens (including phenoxy) is 1. The minimum Gasteiger partial charge on any atom is -0.455 e. The normalized spacial score (nSPS) is 10.9. The second-order valence-corrected chi connectivity index (χ2v) is 6.49. The van der Waals surface area contributed by atoms with Crippen molar-refractivity contribution in [2.45, 2.75) is 13.3 Å². The fourth-order valence-corrected chi connectivity index (χ4v) is 3.01. The van der Waals surface area contributed by atoms with Gasteiger partial charge >= 0.3 is 5.76 Å². The fraction of sp³-hybridized carbons (Fsp3) is 0.0952. The Morgan fingerprint density at radius 3 is 2.80 bits per heavy atom. The topological polar surface area (TPSA) is 123 Å². The van der Waals surface area contributed by atoms with Gasteiger partial charge in [-0.05, 0) is 36.2 Å². The van der Waals surface area contributed by atoms with E-state index < -0.39 is 17.5 Å². The van der Waals surface area contributed by atoms with Gasteiger partial charge < -0.3 is 20.2 Å².